The predicted molar refractivity (Wildman–Crippen MR) is 87.5 cm³/mol. The molecule has 2 aromatic heterocycles. The molecular weight excluding hydrogens is 314 g/mol. The van der Waals surface area contributed by atoms with Crippen molar-refractivity contribution in [3.8, 4) is 0 Å². The highest BCUT2D eigenvalue weighted by atomic mass is 79.9. The first-order valence-corrected chi connectivity index (χ1v) is 8.24. The molecule has 0 bridgehead atoms. The van der Waals surface area contributed by atoms with Gasteiger partial charge in [0.2, 0.25) is 0 Å². The summed E-state index contributed by atoms with van der Waals surface area (Å²) in [6.45, 7) is 8.09. The Morgan fingerprint density at radius 3 is 2.85 bits per heavy atom. The van der Waals surface area contributed by atoms with Crippen LogP contribution in [0.3, 0.4) is 0 Å². The first-order chi connectivity index (χ1) is 9.77. The Balaban J connectivity index is 1.69. The number of aryl methyl sites for hydroxylation is 1. The average Bonchev–Trinajstić information content (AvgIpc) is 2.74. The topological polar surface area (TPSA) is 19.7 Å². The summed E-state index contributed by atoms with van der Waals surface area (Å²) in [5, 5.41) is 3.41. The van der Waals surface area contributed by atoms with Gasteiger partial charge >= 0.3 is 0 Å². The second-order valence-electron chi connectivity index (χ2n) is 5.54. The molecule has 3 heterocycles. The Kier molecular flexibility index (Phi) is 4.44. The van der Waals surface area contributed by atoms with Crippen LogP contribution in [0.4, 0.5) is 0 Å². The van der Waals surface area contributed by atoms with Gasteiger partial charge in [-0.05, 0) is 59.9 Å². The smallest absolute Gasteiger partial charge is 0.0597 e. The summed E-state index contributed by atoms with van der Waals surface area (Å²) in [5.74, 6) is 0. The molecule has 0 unspecified atom stereocenters. The normalized spacial score (nSPS) is 16.9. The second-order valence-corrected chi connectivity index (χ2v) is 6.33. The quantitative estimate of drug-likeness (QED) is 0.926. The van der Waals surface area contributed by atoms with Gasteiger partial charge in [-0.2, -0.15) is 0 Å². The van der Waals surface area contributed by atoms with E-state index in [4.69, 9.17) is 0 Å². The van der Waals surface area contributed by atoms with Crippen LogP contribution >= 0.6 is 15.9 Å². The van der Waals surface area contributed by atoms with Crippen LogP contribution in [0.15, 0.2) is 28.9 Å². The molecule has 2 aromatic rings. The molecule has 1 aliphatic heterocycles. The van der Waals surface area contributed by atoms with E-state index in [1.165, 1.54) is 47.3 Å². The van der Waals surface area contributed by atoms with Crippen molar-refractivity contribution in [2.24, 2.45) is 0 Å². The highest BCUT2D eigenvalue weighted by Crippen LogP contribution is 2.28. The number of pyridine rings is 1. The maximum atomic E-state index is 3.73. The number of halogens is 1. The van der Waals surface area contributed by atoms with Crippen molar-refractivity contribution in [3.05, 3.63) is 40.1 Å². The predicted octanol–water partition coefficient (Wildman–Crippen LogP) is 2.85. The molecule has 0 spiro atoms. The fourth-order valence-corrected chi connectivity index (χ4v) is 3.62. The van der Waals surface area contributed by atoms with E-state index >= 15 is 0 Å². The van der Waals surface area contributed by atoms with Gasteiger partial charge < -0.3 is 14.6 Å². The van der Waals surface area contributed by atoms with Crippen LogP contribution in [0.5, 0.6) is 0 Å². The molecule has 1 fully saturated rings. The Bertz CT molecular complexity index is 585. The first kappa shape index (κ1) is 14.1. The van der Waals surface area contributed by atoms with Crippen LogP contribution in [0, 0.1) is 6.92 Å². The molecule has 0 saturated carbocycles. The molecule has 0 aliphatic carbocycles. The SMILES string of the molecule is Cc1c(Br)c2ccccn2c1CCCN1CCNCC1. The van der Waals surface area contributed by atoms with E-state index in [-0.39, 0.29) is 0 Å². The maximum Gasteiger partial charge on any atom is 0.0597 e. The molecule has 0 amide bonds. The zero-order chi connectivity index (χ0) is 13.9. The van der Waals surface area contributed by atoms with Crippen molar-refractivity contribution in [1.82, 2.24) is 14.6 Å². The number of aromatic nitrogens is 1. The molecule has 20 heavy (non-hydrogen) atoms. The minimum absolute atomic E-state index is 1.14. The Labute approximate surface area is 129 Å². The fourth-order valence-electron chi connectivity index (χ4n) is 3.07. The van der Waals surface area contributed by atoms with Crippen LogP contribution in [-0.2, 0) is 6.42 Å². The first-order valence-electron chi connectivity index (χ1n) is 7.44. The molecule has 0 aromatic carbocycles. The zero-order valence-electron chi connectivity index (χ0n) is 12.0. The third-order valence-corrected chi connectivity index (χ3v) is 5.24. The second kappa shape index (κ2) is 6.29. The fraction of sp³-hybridized carbons (Fsp3) is 0.500. The van der Waals surface area contributed by atoms with Gasteiger partial charge in [-0.1, -0.05) is 6.07 Å². The van der Waals surface area contributed by atoms with Crippen molar-refractivity contribution < 1.29 is 0 Å². The lowest BCUT2D eigenvalue weighted by Gasteiger charge is -2.27. The lowest BCUT2D eigenvalue weighted by molar-refractivity contribution is 0.238. The summed E-state index contributed by atoms with van der Waals surface area (Å²) < 4.78 is 3.58. The molecule has 4 heteroatoms. The Hall–Kier alpha value is -0.840. The molecule has 3 nitrogen and oxygen atoms in total. The number of nitrogens with zero attached hydrogens (tertiary/aromatic N) is 2. The number of nitrogens with one attached hydrogen (secondary N) is 1. The van der Waals surface area contributed by atoms with Crippen LogP contribution in [0.1, 0.15) is 17.7 Å². The zero-order valence-corrected chi connectivity index (χ0v) is 13.6. The van der Waals surface area contributed by atoms with Gasteiger partial charge in [-0.3, -0.25) is 0 Å². The molecule has 3 rings (SSSR count). The number of piperazine rings is 1. The molecular formula is C16H22BrN3. The van der Waals surface area contributed by atoms with Crippen molar-refractivity contribution in [2.45, 2.75) is 19.8 Å². The average molecular weight is 336 g/mol. The number of hydrogen-bond acceptors (Lipinski definition) is 2. The standard InChI is InChI=1S/C16H22BrN3/c1-13-14(6-4-9-19-11-7-18-8-12-19)20-10-3-2-5-15(20)16(13)17/h2-3,5,10,18H,4,6-9,11-12H2,1H3. The van der Waals surface area contributed by atoms with Gasteiger partial charge in [0.15, 0.2) is 0 Å². The third kappa shape index (κ3) is 2.78. The highest BCUT2D eigenvalue weighted by molar-refractivity contribution is 9.10. The van der Waals surface area contributed by atoms with E-state index in [0.29, 0.717) is 0 Å². The van der Waals surface area contributed by atoms with Gasteiger partial charge in [0.25, 0.3) is 0 Å². The van der Waals surface area contributed by atoms with E-state index in [1.807, 2.05) is 0 Å². The number of fused-ring (bicyclic) bond motifs is 1. The molecule has 0 radical (unpaired) electrons. The summed E-state index contributed by atoms with van der Waals surface area (Å²) >= 11 is 3.73. The van der Waals surface area contributed by atoms with Crippen molar-refractivity contribution >= 4 is 21.4 Å². The Morgan fingerprint density at radius 1 is 1.25 bits per heavy atom. The van der Waals surface area contributed by atoms with Gasteiger partial charge in [-0.25, -0.2) is 0 Å². The van der Waals surface area contributed by atoms with E-state index < -0.39 is 0 Å². The summed E-state index contributed by atoms with van der Waals surface area (Å²) in [6.07, 6.45) is 4.55. The van der Waals surface area contributed by atoms with Crippen molar-refractivity contribution in [3.63, 3.8) is 0 Å². The summed E-state index contributed by atoms with van der Waals surface area (Å²) in [6, 6.07) is 6.39. The summed E-state index contributed by atoms with van der Waals surface area (Å²) in [7, 11) is 0. The largest absolute Gasteiger partial charge is 0.319 e. The number of rotatable bonds is 4. The molecule has 1 aliphatic rings. The minimum Gasteiger partial charge on any atom is -0.319 e. The number of hydrogen-bond donors (Lipinski definition) is 1. The molecule has 108 valence electrons. The minimum atomic E-state index is 1.14. The molecule has 1 saturated heterocycles. The van der Waals surface area contributed by atoms with E-state index in [9.17, 15) is 0 Å². The van der Waals surface area contributed by atoms with Crippen molar-refractivity contribution in [2.75, 3.05) is 32.7 Å². The van der Waals surface area contributed by atoms with Gasteiger partial charge in [0.05, 0.1) is 5.52 Å². The van der Waals surface area contributed by atoms with Gasteiger partial charge in [-0.15, -0.1) is 0 Å². The van der Waals surface area contributed by atoms with Crippen molar-refractivity contribution in [1.29, 1.82) is 0 Å². The lowest BCUT2D eigenvalue weighted by atomic mass is 10.1. The highest BCUT2D eigenvalue weighted by Gasteiger charge is 2.13. The van der Waals surface area contributed by atoms with E-state index in [2.05, 4.69) is 61.9 Å². The Morgan fingerprint density at radius 2 is 2.05 bits per heavy atom. The third-order valence-electron chi connectivity index (χ3n) is 4.24. The van der Waals surface area contributed by atoms with Gasteiger partial charge in [0.1, 0.15) is 0 Å². The lowest BCUT2D eigenvalue weighted by Crippen LogP contribution is -2.43. The maximum absolute atomic E-state index is 3.73. The molecule has 1 N–H and O–H groups in total. The van der Waals surface area contributed by atoms with Crippen LogP contribution in [0.2, 0.25) is 0 Å². The van der Waals surface area contributed by atoms with Crippen LogP contribution < -0.4 is 5.32 Å². The monoisotopic (exact) mass is 335 g/mol. The molecule has 0 atom stereocenters. The van der Waals surface area contributed by atoms with Crippen LogP contribution in [0.25, 0.3) is 5.52 Å². The van der Waals surface area contributed by atoms with E-state index in [1.54, 1.807) is 0 Å². The van der Waals surface area contributed by atoms with Gasteiger partial charge in [0, 0.05) is 42.5 Å². The summed E-state index contributed by atoms with van der Waals surface area (Å²) in [5.41, 5.74) is 4.11. The van der Waals surface area contributed by atoms with E-state index in [0.717, 1.165) is 19.5 Å². The summed E-state index contributed by atoms with van der Waals surface area (Å²) in [4.78, 5) is 2.57. The van der Waals surface area contributed by atoms with Crippen LogP contribution in [-0.4, -0.2) is 42.0 Å².